The Bertz CT molecular complexity index is 190. The lowest BCUT2D eigenvalue weighted by atomic mass is 9.91. The summed E-state index contributed by atoms with van der Waals surface area (Å²) in [7, 11) is 0. The third-order valence-corrected chi connectivity index (χ3v) is 4.58. The fourth-order valence-electron chi connectivity index (χ4n) is 2.33. The molecular weight excluding hydrogens is 194 g/mol. The van der Waals surface area contributed by atoms with E-state index in [0.717, 1.165) is 6.54 Å². The van der Waals surface area contributed by atoms with Crippen LogP contribution in [0.2, 0.25) is 0 Å². The Kier molecular flexibility index (Phi) is 3.40. The van der Waals surface area contributed by atoms with Crippen LogP contribution >= 0.6 is 11.8 Å². The largest absolute Gasteiger partial charge is 0.369 e. The number of hydrogen-bond donors (Lipinski definition) is 1. The molecule has 2 aliphatic heterocycles. The van der Waals surface area contributed by atoms with Crippen LogP contribution in [-0.4, -0.2) is 35.8 Å². The Balaban J connectivity index is 2.00. The second-order valence-corrected chi connectivity index (χ2v) is 5.87. The van der Waals surface area contributed by atoms with E-state index < -0.39 is 0 Å². The molecule has 0 bridgehead atoms. The molecule has 2 rings (SSSR count). The monoisotopic (exact) mass is 215 g/mol. The molecule has 1 spiro atoms. The van der Waals surface area contributed by atoms with E-state index in [0.29, 0.717) is 12.1 Å². The minimum Gasteiger partial charge on any atom is -0.369 e. The summed E-state index contributed by atoms with van der Waals surface area (Å²) in [6, 6.07) is 0.511. The van der Waals surface area contributed by atoms with Crippen LogP contribution in [-0.2, 0) is 4.74 Å². The van der Waals surface area contributed by atoms with Gasteiger partial charge in [0, 0.05) is 12.6 Å². The van der Waals surface area contributed by atoms with Gasteiger partial charge in [0.25, 0.3) is 0 Å². The van der Waals surface area contributed by atoms with Gasteiger partial charge in [-0.25, -0.2) is 0 Å². The van der Waals surface area contributed by atoms with Crippen molar-refractivity contribution in [2.45, 2.75) is 50.9 Å². The van der Waals surface area contributed by atoms with E-state index >= 15 is 0 Å². The molecule has 14 heavy (non-hydrogen) atoms. The van der Waals surface area contributed by atoms with E-state index in [1.165, 1.54) is 30.8 Å². The quantitative estimate of drug-likeness (QED) is 0.668. The van der Waals surface area contributed by atoms with Crippen LogP contribution in [0.25, 0.3) is 0 Å². The first-order valence-corrected chi connectivity index (χ1v) is 6.86. The van der Waals surface area contributed by atoms with Crippen LogP contribution in [0.5, 0.6) is 0 Å². The maximum Gasteiger partial charge on any atom is 0.0818 e. The maximum atomic E-state index is 6.23. The van der Waals surface area contributed by atoms with E-state index in [9.17, 15) is 0 Å². The minimum absolute atomic E-state index is 0.162. The van der Waals surface area contributed by atoms with Gasteiger partial charge in [0.1, 0.15) is 0 Å². The number of ether oxygens (including phenoxy) is 1. The van der Waals surface area contributed by atoms with Crippen molar-refractivity contribution < 1.29 is 4.74 Å². The van der Waals surface area contributed by atoms with Crippen LogP contribution in [0.4, 0.5) is 0 Å². The molecule has 3 unspecified atom stereocenters. The van der Waals surface area contributed by atoms with Gasteiger partial charge in [-0.05, 0) is 44.6 Å². The van der Waals surface area contributed by atoms with Gasteiger partial charge in [0.05, 0.1) is 11.7 Å². The molecular formula is C11H21NOS. The molecule has 1 N–H and O–H groups in total. The first kappa shape index (κ1) is 10.8. The fourth-order valence-corrected chi connectivity index (χ4v) is 3.40. The summed E-state index contributed by atoms with van der Waals surface area (Å²) >= 11 is 2.08. The Morgan fingerprint density at radius 2 is 2.14 bits per heavy atom. The van der Waals surface area contributed by atoms with Gasteiger partial charge in [-0.3, -0.25) is 0 Å². The molecule has 2 saturated heterocycles. The van der Waals surface area contributed by atoms with Gasteiger partial charge >= 0.3 is 0 Å². The molecule has 82 valence electrons. The summed E-state index contributed by atoms with van der Waals surface area (Å²) in [6.45, 7) is 5.46. The van der Waals surface area contributed by atoms with E-state index in [-0.39, 0.29) is 5.60 Å². The number of thioether (sulfide) groups is 1. The molecule has 0 saturated carbocycles. The van der Waals surface area contributed by atoms with Crippen molar-refractivity contribution in [3.63, 3.8) is 0 Å². The van der Waals surface area contributed by atoms with Gasteiger partial charge in [0.15, 0.2) is 0 Å². The summed E-state index contributed by atoms with van der Waals surface area (Å²) in [5.41, 5.74) is 0.162. The van der Waals surface area contributed by atoms with Crippen LogP contribution in [0.3, 0.4) is 0 Å². The SMILES string of the molecule is CC1NCC2(CCCSCC2)OC1C. The summed E-state index contributed by atoms with van der Waals surface area (Å²) < 4.78 is 6.23. The Hall–Kier alpha value is 0.270. The molecule has 2 nitrogen and oxygen atoms in total. The smallest absolute Gasteiger partial charge is 0.0818 e. The molecule has 2 heterocycles. The topological polar surface area (TPSA) is 21.3 Å². The Morgan fingerprint density at radius 1 is 1.29 bits per heavy atom. The zero-order valence-electron chi connectivity index (χ0n) is 9.21. The van der Waals surface area contributed by atoms with E-state index in [1.54, 1.807) is 0 Å². The molecule has 3 heteroatoms. The average molecular weight is 215 g/mol. The van der Waals surface area contributed by atoms with Crippen LogP contribution in [0, 0.1) is 0 Å². The molecule has 0 aromatic rings. The zero-order valence-corrected chi connectivity index (χ0v) is 10.0. The third kappa shape index (κ3) is 2.26. The van der Waals surface area contributed by atoms with Crippen molar-refractivity contribution in [2.75, 3.05) is 18.1 Å². The highest BCUT2D eigenvalue weighted by molar-refractivity contribution is 7.99. The molecule has 3 atom stereocenters. The summed E-state index contributed by atoms with van der Waals surface area (Å²) in [5.74, 6) is 2.58. The Labute approximate surface area is 91.2 Å². The second kappa shape index (κ2) is 4.42. The number of morpholine rings is 1. The Morgan fingerprint density at radius 3 is 2.93 bits per heavy atom. The molecule has 0 amide bonds. The molecule has 0 aromatic heterocycles. The number of hydrogen-bond acceptors (Lipinski definition) is 3. The summed E-state index contributed by atoms with van der Waals surface area (Å²) in [4.78, 5) is 0. The maximum absolute atomic E-state index is 6.23. The highest BCUT2D eigenvalue weighted by atomic mass is 32.2. The number of nitrogens with one attached hydrogen (secondary N) is 1. The average Bonchev–Trinajstić information content (AvgIpc) is 2.39. The molecule has 0 aliphatic carbocycles. The molecule has 2 fully saturated rings. The summed E-state index contributed by atoms with van der Waals surface area (Å²) in [5, 5.41) is 3.59. The van der Waals surface area contributed by atoms with Crippen molar-refractivity contribution >= 4 is 11.8 Å². The minimum atomic E-state index is 0.162. The van der Waals surface area contributed by atoms with E-state index in [4.69, 9.17) is 4.74 Å². The second-order valence-electron chi connectivity index (χ2n) is 4.64. The number of rotatable bonds is 0. The summed E-state index contributed by atoms with van der Waals surface area (Å²) in [6.07, 6.45) is 4.14. The first-order valence-electron chi connectivity index (χ1n) is 5.71. The standard InChI is InChI=1S/C11H21NOS/c1-9-10(2)13-11(8-12-9)4-3-6-14-7-5-11/h9-10,12H,3-8H2,1-2H3. The van der Waals surface area contributed by atoms with Crippen molar-refractivity contribution in [1.82, 2.24) is 5.32 Å². The molecule has 0 aromatic carbocycles. The highest BCUT2D eigenvalue weighted by Crippen LogP contribution is 2.32. The lowest BCUT2D eigenvalue weighted by Crippen LogP contribution is -2.57. The molecule has 0 radical (unpaired) electrons. The van der Waals surface area contributed by atoms with Crippen LogP contribution < -0.4 is 5.32 Å². The first-order chi connectivity index (χ1) is 6.72. The van der Waals surface area contributed by atoms with Gasteiger partial charge in [-0.15, -0.1) is 0 Å². The van der Waals surface area contributed by atoms with Gasteiger partial charge in [0.2, 0.25) is 0 Å². The zero-order chi connectivity index (χ0) is 10.0. The van der Waals surface area contributed by atoms with Gasteiger partial charge in [-0.2, -0.15) is 11.8 Å². The highest BCUT2D eigenvalue weighted by Gasteiger charge is 2.38. The third-order valence-electron chi connectivity index (χ3n) is 3.51. The van der Waals surface area contributed by atoms with Gasteiger partial charge < -0.3 is 10.1 Å². The van der Waals surface area contributed by atoms with E-state index in [2.05, 4.69) is 30.9 Å². The predicted octanol–water partition coefficient (Wildman–Crippen LogP) is 2.04. The lowest BCUT2D eigenvalue weighted by Gasteiger charge is -2.43. The van der Waals surface area contributed by atoms with Crippen LogP contribution in [0.1, 0.15) is 33.1 Å². The molecule has 2 aliphatic rings. The van der Waals surface area contributed by atoms with Gasteiger partial charge in [-0.1, -0.05) is 0 Å². The van der Waals surface area contributed by atoms with Crippen LogP contribution in [0.15, 0.2) is 0 Å². The van der Waals surface area contributed by atoms with Crippen molar-refractivity contribution in [3.8, 4) is 0 Å². The fraction of sp³-hybridized carbons (Fsp3) is 1.00. The van der Waals surface area contributed by atoms with E-state index in [1.807, 2.05) is 0 Å². The normalized spacial score (nSPS) is 45.0. The van der Waals surface area contributed by atoms with Crippen molar-refractivity contribution in [2.24, 2.45) is 0 Å². The predicted molar refractivity (Wildman–Crippen MR) is 61.9 cm³/mol. The lowest BCUT2D eigenvalue weighted by molar-refractivity contribution is -0.130. The van der Waals surface area contributed by atoms with Crippen molar-refractivity contribution in [3.05, 3.63) is 0 Å². The van der Waals surface area contributed by atoms with Crippen molar-refractivity contribution in [1.29, 1.82) is 0 Å².